The Morgan fingerprint density at radius 3 is 2.13 bits per heavy atom. The van der Waals surface area contributed by atoms with Crippen LogP contribution in [-0.2, 0) is 10.0 Å². The Morgan fingerprint density at radius 2 is 1.57 bits per heavy atom. The van der Waals surface area contributed by atoms with Crippen LogP contribution in [0.15, 0.2) is 88.7 Å². The SMILES string of the molecule is CC[C@@H](NC(=O)c1ccc(NS(=O)(=O)c2ccc(SC)cc2)cc1)c1ccccc1. The third-order valence-corrected chi connectivity index (χ3v) is 6.83. The summed E-state index contributed by atoms with van der Waals surface area (Å²) >= 11 is 1.55. The van der Waals surface area contributed by atoms with Gasteiger partial charge in [0.25, 0.3) is 15.9 Å². The van der Waals surface area contributed by atoms with Gasteiger partial charge >= 0.3 is 0 Å². The molecule has 0 radical (unpaired) electrons. The van der Waals surface area contributed by atoms with Gasteiger partial charge < -0.3 is 5.32 Å². The molecule has 156 valence electrons. The van der Waals surface area contributed by atoms with Gasteiger partial charge in [0.15, 0.2) is 0 Å². The van der Waals surface area contributed by atoms with E-state index in [1.165, 1.54) is 0 Å². The average Bonchev–Trinajstić information content (AvgIpc) is 2.78. The molecule has 3 aromatic carbocycles. The molecule has 3 aromatic rings. The third-order valence-electron chi connectivity index (χ3n) is 4.68. The zero-order chi connectivity index (χ0) is 21.6. The number of sulfonamides is 1. The number of thioether (sulfide) groups is 1. The second kappa shape index (κ2) is 9.82. The molecule has 1 amide bonds. The van der Waals surface area contributed by atoms with Crippen LogP contribution in [0.4, 0.5) is 5.69 Å². The Bertz CT molecular complexity index is 1080. The lowest BCUT2D eigenvalue weighted by molar-refractivity contribution is 0.0935. The minimum absolute atomic E-state index is 0.0823. The molecule has 2 N–H and O–H groups in total. The molecule has 0 spiro atoms. The summed E-state index contributed by atoms with van der Waals surface area (Å²) < 4.78 is 27.7. The van der Waals surface area contributed by atoms with Gasteiger partial charge in [0.1, 0.15) is 0 Å². The van der Waals surface area contributed by atoms with Crippen LogP contribution >= 0.6 is 11.8 Å². The van der Waals surface area contributed by atoms with Gasteiger partial charge in [-0.25, -0.2) is 8.42 Å². The summed E-state index contributed by atoms with van der Waals surface area (Å²) in [6, 6.07) is 22.8. The van der Waals surface area contributed by atoms with Crippen molar-refractivity contribution >= 4 is 33.4 Å². The highest BCUT2D eigenvalue weighted by Crippen LogP contribution is 2.21. The van der Waals surface area contributed by atoms with Crippen LogP contribution in [0.1, 0.15) is 35.3 Å². The zero-order valence-corrected chi connectivity index (χ0v) is 18.5. The maximum Gasteiger partial charge on any atom is 0.261 e. The predicted octanol–water partition coefficient (Wildman–Crippen LogP) is 5.09. The molecule has 0 aromatic heterocycles. The Kier molecular flexibility index (Phi) is 7.18. The molecule has 0 heterocycles. The summed E-state index contributed by atoms with van der Waals surface area (Å²) in [5.41, 5.74) is 1.91. The molecule has 0 aliphatic rings. The monoisotopic (exact) mass is 440 g/mol. The van der Waals surface area contributed by atoms with Crippen LogP contribution in [0.3, 0.4) is 0 Å². The molecule has 0 unspecified atom stereocenters. The van der Waals surface area contributed by atoms with Crippen molar-refractivity contribution in [2.24, 2.45) is 0 Å². The zero-order valence-electron chi connectivity index (χ0n) is 16.8. The summed E-state index contributed by atoms with van der Waals surface area (Å²) in [6.45, 7) is 2.02. The number of rotatable bonds is 8. The summed E-state index contributed by atoms with van der Waals surface area (Å²) in [6.07, 6.45) is 2.70. The quantitative estimate of drug-likeness (QED) is 0.479. The first-order valence-electron chi connectivity index (χ1n) is 9.55. The fourth-order valence-electron chi connectivity index (χ4n) is 3.01. The highest BCUT2D eigenvalue weighted by atomic mass is 32.2. The van der Waals surface area contributed by atoms with Gasteiger partial charge in [0.05, 0.1) is 10.9 Å². The molecule has 0 fully saturated rings. The molecular formula is C23H24N2O3S2. The van der Waals surface area contributed by atoms with Crippen molar-refractivity contribution in [3.05, 3.63) is 90.0 Å². The van der Waals surface area contributed by atoms with Crippen LogP contribution in [0.2, 0.25) is 0 Å². The molecule has 30 heavy (non-hydrogen) atoms. The molecule has 0 bridgehead atoms. The van der Waals surface area contributed by atoms with Crippen LogP contribution in [0, 0.1) is 0 Å². The first-order valence-corrected chi connectivity index (χ1v) is 12.3. The van der Waals surface area contributed by atoms with Crippen molar-refractivity contribution in [1.82, 2.24) is 5.32 Å². The van der Waals surface area contributed by atoms with E-state index in [4.69, 9.17) is 0 Å². The van der Waals surface area contributed by atoms with Crippen molar-refractivity contribution in [2.75, 3.05) is 11.0 Å². The van der Waals surface area contributed by atoms with Gasteiger partial charge in [-0.15, -0.1) is 11.8 Å². The number of carbonyl (C=O) groups is 1. The van der Waals surface area contributed by atoms with Crippen molar-refractivity contribution in [3.8, 4) is 0 Å². The average molecular weight is 441 g/mol. The second-order valence-electron chi connectivity index (χ2n) is 6.70. The van der Waals surface area contributed by atoms with Crippen molar-refractivity contribution in [3.63, 3.8) is 0 Å². The number of hydrogen-bond donors (Lipinski definition) is 2. The lowest BCUT2D eigenvalue weighted by atomic mass is 10.0. The normalized spacial score (nSPS) is 12.2. The minimum Gasteiger partial charge on any atom is -0.345 e. The smallest absolute Gasteiger partial charge is 0.261 e. The first kappa shape index (κ1) is 21.9. The molecule has 3 rings (SSSR count). The maximum absolute atomic E-state index is 12.6. The summed E-state index contributed by atoms with van der Waals surface area (Å²) in [4.78, 5) is 13.8. The topological polar surface area (TPSA) is 75.3 Å². The van der Waals surface area contributed by atoms with Crippen LogP contribution < -0.4 is 10.0 Å². The maximum atomic E-state index is 12.6. The lowest BCUT2D eigenvalue weighted by Gasteiger charge is -2.17. The molecule has 0 aliphatic carbocycles. The Labute approximate surface area is 182 Å². The van der Waals surface area contributed by atoms with E-state index >= 15 is 0 Å². The van der Waals surface area contributed by atoms with E-state index in [0.717, 1.165) is 16.9 Å². The standard InChI is InChI=1S/C23H24N2O3S2/c1-3-22(17-7-5-4-6-8-17)24-23(26)18-9-11-19(12-10-18)25-30(27,28)21-15-13-20(29-2)14-16-21/h4-16,22,25H,3H2,1-2H3,(H,24,26)/t22-/m1/s1. The summed E-state index contributed by atoms with van der Waals surface area (Å²) in [7, 11) is -3.69. The van der Waals surface area contributed by atoms with E-state index in [2.05, 4.69) is 10.0 Å². The Hall–Kier alpha value is -2.77. The van der Waals surface area contributed by atoms with Crippen LogP contribution in [0.5, 0.6) is 0 Å². The van der Waals surface area contributed by atoms with Crippen molar-refractivity contribution < 1.29 is 13.2 Å². The Morgan fingerprint density at radius 1 is 0.933 bits per heavy atom. The number of benzene rings is 3. The summed E-state index contributed by atoms with van der Waals surface area (Å²) in [5.74, 6) is -0.201. The summed E-state index contributed by atoms with van der Waals surface area (Å²) in [5, 5.41) is 3.02. The van der Waals surface area contributed by atoms with Crippen molar-refractivity contribution in [2.45, 2.75) is 29.2 Å². The van der Waals surface area contributed by atoms with Gasteiger partial charge in [-0.05, 0) is 66.8 Å². The van der Waals surface area contributed by atoms with E-state index in [0.29, 0.717) is 11.3 Å². The van der Waals surface area contributed by atoms with Gasteiger partial charge in [-0.3, -0.25) is 9.52 Å². The fourth-order valence-corrected chi connectivity index (χ4v) is 4.47. The van der Waals surface area contributed by atoms with Gasteiger partial charge in [-0.1, -0.05) is 37.3 Å². The van der Waals surface area contributed by atoms with Gasteiger partial charge in [0.2, 0.25) is 0 Å². The number of anilines is 1. The molecule has 0 saturated heterocycles. The molecule has 5 nitrogen and oxygen atoms in total. The second-order valence-corrected chi connectivity index (χ2v) is 9.27. The Balaban J connectivity index is 1.68. The molecule has 7 heteroatoms. The van der Waals surface area contributed by atoms with E-state index in [9.17, 15) is 13.2 Å². The van der Waals surface area contributed by atoms with Crippen LogP contribution in [-0.4, -0.2) is 20.6 Å². The number of carbonyl (C=O) groups excluding carboxylic acids is 1. The number of amides is 1. The number of nitrogens with one attached hydrogen (secondary N) is 2. The van der Waals surface area contributed by atoms with E-state index in [-0.39, 0.29) is 16.8 Å². The molecular weight excluding hydrogens is 416 g/mol. The molecule has 1 atom stereocenters. The third kappa shape index (κ3) is 5.43. The minimum atomic E-state index is -3.69. The highest BCUT2D eigenvalue weighted by Gasteiger charge is 2.16. The first-order chi connectivity index (χ1) is 14.4. The fraction of sp³-hybridized carbons (Fsp3) is 0.174. The largest absolute Gasteiger partial charge is 0.345 e. The highest BCUT2D eigenvalue weighted by molar-refractivity contribution is 7.98. The van der Waals surface area contributed by atoms with Crippen LogP contribution in [0.25, 0.3) is 0 Å². The van der Waals surface area contributed by atoms with Crippen molar-refractivity contribution in [1.29, 1.82) is 0 Å². The van der Waals surface area contributed by atoms with Gasteiger partial charge in [0, 0.05) is 16.1 Å². The van der Waals surface area contributed by atoms with E-state index in [1.807, 2.05) is 43.5 Å². The van der Waals surface area contributed by atoms with E-state index < -0.39 is 10.0 Å². The van der Waals surface area contributed by atoms with Gasteiger partial charge in [-0.2, -0.15) is 0 Å². The molecule has 0 aliphatic heterocycles. The number of hydrogen-bond acceptors (Lipinski definition) is 4. The lowest BCUT2D eigenvalue weighted by Crippen LogP contribution is -2.28. The van der Waals surface area contributed by atoms with E-state index in [1.54, 1.807) is 60.3 Å². The molecule has 0 saturated carbocycles. The predicted molar refractivity (Wildman–Crippen MR) is 122 cm³/mol.